The van der Waals surface area contributed by atoms with Crippen molar-refractivity contribution in [2.75, 3.05) is 11.1 Å². The van der Waals surface area contributed by atoms with Crippen molar-refractivity contribution in [2.24, 2.45) is 0 Å². The molecule has 0 radical (unpaired) electrons. The highest BCUT2D eigenvalue weighted by Crippen LogP contribution is 2.23. The first kappa shape index (κ1) is 18.5. The van der Waals surface area contributed by atoms with Crippen molar-refractivity contribution >= 4 is 46.0 Å². The fourth-order valence-corrected chi connectivity index (χ4v) is 3.74. The fraction of sp³-hybridized carbons (Fsp3) is 0.278. The molecular weight excluding hydrogens is 372 g/mol. The molecule has 136 valence electrons. The van der Waals surface area contributed by atoms with Crippen molar-refractivity contribution in [3.8, 4) is 0 Å². The minimum Gasteiger partial charge on any atom is -0.353 e. The molecule has 2 N–H and O–H groups in total. The second-order valence-corrected chi connectivity index (χ2v) is 7.54. The molecule has 2 heterocycles. The maximum absolute atomic E-state index is 12.7. The minimum absolute atomic E-state index is 0.0721. The van der Waals surface area contributed by atoms with Gasteiger partial charge < -0.3 is 10.3 Å². The summed E-state index contributed by atoms with van der Waals surface area (Å²) in [6.45, 7) is 5.71. The number of nitrogens with zero attached hydrogens (tertiary/aromatic N) is 2. The number of carbonyl (C=O) groups is 1. The van der Waals surface area contributed by atoms with Crippen LogP contribution in [-0.2, 0) is 4.79 Å². The first-order valence-corrected chi connectivity index (χ1v) is 9.52. The van der Waals surface area contributed by atoms with Crippen LogP contribution in [-0.4, -0.2) is 26.2 Å². The quantitative estimate of drug-likeness (QED) is 0.509. The van der Waals surface area contributed by atoms with E-state index in [1.54, 1.807) is 28.8 Å². The molecule has 1 amide bonds. The highest BCUT2D eigenvalue weighted by molar-refractivity contribution is 7.99. The van der Waals surface area contributed by atoms with Gasteiger partial charge >= 0.3 is 0 Å². The molecule has 0 spiro atoms. The van der Waals surface area contributed by atoms with Gasteiger partial charge in [-0.25, -0.2) is 4.98 Å². The van der Waals surface area contributed by atoms with E-state index in [1.807, 2.05) is 26.8 Å². The molecule has 0 aliphatic heterocycles. The molecule has 0 fully saturated rings. The molecule has 3 rings (SSSR count). The molecule has 0 saturated heterocycles. The van der Waals surface area contributed by atoms with E-state index in [-0.39, 0.29) is 23.3 Å². The summed E-state index contributed by atoms with van der Waals surface area (Å²) in [5, 5.41) is 3.77. The van der Waals surface area contributed by atoms with Crippen LogP contribution in [0.25, 0.3) is 11.0 Å². The SMILES string of the molecule is Cc1cc2nc(SCC(=O)Nc3ccccc3Cl)n(C(C)C)c(=O)c2[nH]1. The summed E-state index contributed by atoms with van der Waals surface area (Å²) in [6.07, 6.45) is 0. The molecule has 8 heteroatoms. The number of carbonyl (C=O) groups excluding carboxylic acids is 1. The Hall–Kier alpha value is -2.25. The molecular formula is C18H19ClN4O2S. The van der Waals surface area contributed by atoms with Gasteiger partial charge in [0.05, 0.1) is 22.0 Å². The predicted octanol–water partition coefficient (Wildman–Crippen LogP) is 4.00. The molecule has 3 aromatic rings. The van der Waals surface area contributed by atoms with Gasteiger partial charge in [0, 0.05) is 11.7 Å². The van der Waals surface area contributed by atoms with Crippen LogP contribution in [0.5, 0.6) is 0 Å². The average Bonchev–Trinajstić information content (AvgIpc) is 2.95. The van der Waals surface area contributed by atoms with Crippen LogP contribution in [0.15, 0.2) is 40.3 Å². The number of aryl methyl sites for hydroxylation is 1. The summed E-state index contributed by atoms with van der Waals surface area (Å²) in [5.74, 6) is -0.0859. The Morgan fingerprint density at radius 3 is 2.81 bits per heavy atom. The summed E-state index contributed by atoms with van der Waals surface area (Å²) in [5.41, 5.74) is 2.40. The van der Waals surface area contributed by atoms with Crippen molar-refractivity contribution < 1.29 is 4.79 Å². The van der Waals surface area contributed by atoms with Crippen LogP contribution in [0.4, 0.5) is 5.69 Å². The number of para-hydroxylation sites is 1. The van der Waals surface area contributed by atoms with Crippen LogP contribution in [0, 0.1) is 6.92 Å². The number of aromatic amines is 1. The van der Waals surface area contributed by atoms with E-state index < -0.39 is 0 Å². The number of H-pyrrole nitrogens is 1. The lowest BCUT2D eigenvalue weighted by atomic mass is 10.3. The summed E-state index contributed by atoms with van der Waals surface area (Å²) >= 11 is 7.29. The van der Waals surface area contributed by atoms with Gasteiger partial charge in [-0.1, -0.05) is 35.5 Å². The zero-order valence-corrected chi connectivity index (χ0v) is 16.2. The first-order valence-electron chi connectivity index (χ1n) is 8.16. The Morgan fingerprint density at radius 1 is 1.38 bits per heavy atom. The van der Waals surface area contributed by atoms with Crippen molar-refractivity contribution in [3.63, 3.8) is 0 Å². The number of nitrogens with one attached hydrogen (secondary N) is 2. The van der Waals surface area contributed by atoms with Crippen molar-refractivity contribution in [2.45, 2.75) is 32.0 Å². The fourth-order valence-electron chi connectivity index (χ4n) is 2.63. The van der Waals surface area contributed by atoms with Gasteiger partial charge in [0.2, 0.25) is 5.91 Å². The van der Waals surface area contributed by atoms with Crippen LogP contribution >= 0.6 is 23.4 Å². The van der Waals surface area contributed by atoms with Gasteiger partial charge in [0.25, 0.3) is 5.56 Å². The van der Waals surface area contributed by atoms with Crippen molar-refractivity contribution in [1.82, 2.24) is 14.5 Å². The summed E-state index contributed by atoms with van der Waals surface area (Å²) < 4.78 is 1.60. The highest BCUT2D eigenvalue weighted by atomic mass is 35.5. The van der Waals surface area contributed by atoms with Gasteiger partial charge in [0.1, 0.15) is 5.52 Å². The Labute approximate surface area is 160 Å². The number of fused-ring (bicyclic) bond motifs is 1. The standard InChI is InChI=1S/C18H19ClN4O2S/c1-10(2)23-17(25)16-14(8-11(3)20-16)22-18(23)26-9-15(24)21-13-7-5-4-6-12(13)19/h4-8,10,20H,9H2,1-3H3,(H,21,24). The number of aromatic nitrogens is 3. The molecule has 1 aromatic carbocycles. The van der Waals surface area contributed by atoms with Crippen LogP contribution in [0.3, 0.4) is 0 Å². The van der Waals surface area contributed by atoms with Gasteiger partial charge in [-0.05, 0) is 39.0 Å². The number of hydrogen-bond acceptors (Lipinski definition) is 4. The van der Waals surface area contributed by atoms with Gasteiger partial charge in [-0.15, -0.1) is 0 Å². The number of rotatable bonds is 5. The zero-order chi connectivity index (χ0) is 18.8. The Morgan fingerprint density at radius 2 is 2.12 bits per heavy atom. The molecule has 6 nitrogen and oxygen atoms in total. The topological polar surface area (TPSA) is 79.8 Å². The lowest BCUT2D eigenvalue weighted by Crippen LogP contribution is -2.25. The third-order valence-electron chi connectivity index (χ3n) is 3.78. The van der Waals surface area contributed by atoms with E-state index in [9.17, 15) is 9.59 Å². The molecule has 26 heavy (non-hydrogen) atoms. The van der Waals surface area contributed by atoms with E-state index >= 15 is 0 Å². The van der Waals surface area contributed by atoms with Crippen LogP contribution in [0.1, 0.15) is 25.6 Å². The largest absolute Gasteiger partial charge is 0.353 e. The number of halogens is 1. The third-order valence-corrected chi connectivity index (χ3v) is 5.07. The summed E-state index contributed by atoms with van der Waals surface area (Å²) in [4.78, 5) is 32.6. The number of hydrogen-bond donors (Lipinski definition) is 2. The molecule has 0 bridgehead atoms. The molecule has 0 saturated carbocycles. The van der Waals surface area contributed by atoms with Crippen LogP contribution in [0.2, 0.25) is 5.02 Å². The molecule has 2 aromatic heterocycles. The zero-order valence-electron chi connectivity index (χ0n) is 14.7. The first-order chi connectivity index (χ1) is 12.4. The normalized spacial score (nSPS) is 11.3. The third kappa shape index (κ3) is 3.78. The monoisotopic (exact) mass is 390 g/mol. The number of anilines is 1. The highest BCUT2D eigenvalue weighted by Gasteiger charge is 2.17. The summed E-state index contributed by atoms with van der Waals surface area (Å²) in [7, 11) is 0. The van der Waals surface area contributed by atoms with Gasteiger partial charge in [-0.2, -0.15) is 0 Å². The van der Waals surface area contributed by atoms with Crippen molar-refractivity contribution in [1.29, 1.82) is 0 Å². The van der Waals surface area contributed by atoms with E-state index in [0.29, 0.717) is 26.9 Å². The molecule has 0 aliphatic rings. The second-order valence-electron chi connectivity index (χ2n) is 6.19. The maximum Gasteiger partial charge on any atom is 0.278 e. The van der Waals surface area contributed by atoms with Crippen molar-refractivity contribution in [3.05, 3.63) is 51.4 Å². The predicted molar refractivity (Wildman–Crippen MR) is 106 cm³/mol. The molecule has 0 aliphatic carbocycles. The Kier molecular flexibility index (Phi) is 5.38. The van der Waals surface area contributed by atoms with Gasteiger partial charge in [-0.3, -0.25) is 14.2 Å². The van der Waals surface area contributed by atoms with Crippen LogP contribution < -0.4 is 10.9 Å². The molecule has 0 unspecified atom stereocenters. The smallest absolute Gasteiger partial charge is 0.278 e. The maximum atomic E-state index is 12.7. The van der Waals surface area contributed by atoms with E-state index in [1.165, 1.54) is 11.8 Å². The Balaban J connectivity index is 1.84. The van der Waals surface area contributed by atoms with E-state index in [4.69, 9.17) is 11.6 Å². The lowest BCUT2D eigenvalue weighted by molar-refractivity contribution is -0.113. The minimum atomic E-state index is -0.210. The van der Waals surface area contributed by atoms with E-state index in [0.717, 1.165) is 5.69 Å². The average molecular weight is 391 g/mol. The molecule has 0 atom stereocenters. The summed E-state index contributed by atoms with van der Waals surface area (Å²) in [6, 6.07) is 8.81. The van der Waals surface area contributed by atoms with E-state index in [2.05, 4.69) is 15.3 Å². The van der Waals surface area contributed by atoms with Gasteiger partial charge in [0.15, 0.2) is 5.16 Å². The lowest BCUT2D eigenvalue weighted by Gasteiger charge is -2.15. The second kappa shape index (κ2) is 7.55. The Bertz CT molecular complexity index is 1030. The number of amides is 1. The number of thioether (sulfide) groups is 1. The number of benzene rings is 1.